The summed E-state index contributed by atoms with van der Waals surface area (Å²) in [6.07, 6.45) is 2.00. The number of allylic oxidation sites excluding steroid dienone is 2. The van der Waals surface area contributed by atoms with E-state index in [-0.39, 0.29) is 0 Å². The predicted octanol–water partition coefficient (Wildman–Crippen LogP) is 2.11. The summed E-state index contributed by atoms with van der Waals surface area (Å²) in [5.74, 6) is 0. The van der Waals surface area contributed by atoms with Crippen LogP contribution in [0.1, 0.15) is 26.3 Å². The van der Waals surface area contributed by atoms with Crippen molar-refractivity contribution in [1.82, 2.24) is 4.57 Å². The van der Waals surface area contributed by atoms with Gasteiger partial charge in [0.1, 0.15) is 0 Å². The van der Waals surface area contributed by atoms with E-state index in [4.69, 9.17) is 4.42 Å². The van der Waals surface area contributed by atoms with Crippen molar-refractivity contribution in [1.29, 1.82) is 0 Å². The van der Waals surface area contributed by atoms with Gasteiger partial charge in [-0.3, -0.25) is 9.36 Å². The molecule has 0 saturated carbocycles. The lowest BCUT2D eigenvalue weighted by Gasteiger charge is -2.31. The van der Waals surface area contributed by atoms with Crippen molar-refractivity contribution in [2.75, 3.05) is 0 Å². The topological polar surface area (TPSA) is 52.2 Å². The van der Waals surface area contributed by atoms with Crippen LogP contribution in [0.4, 0.5) is 0 Å². The second kappa shape index (κ2) is 3.22. The van der Waals surface area contributed by atoms with Crippen LogP contribution in [0, 0.1) is 0 Å². The highest BCUT2D eigenvalue weighted by Crippen LogP contribution is 2.34. The molecule has 0 saturated heterocycles. The van der Waals surface area contributed by atoms with Gasteiger partial charge in [0.2, 0.25) is 0 Å². The van der Waals surface area contributed by atoms with Gasteiger partial charge in [0.05, 0.1) is 11.1 Å². The Hall–Kier alpha value is -2.10. The van der Waals surface area contributed by atoms with E-state index in [2.05, 4.69) is 0 Å². The van der Waals surface area contributed by atoms with Gasteiger partial charge < -0.3 is 4.42 Å². The highest BCUT2D eigenvalue weighted by molar-refractivity contribution is 5.89. The van der Waals surface area contributed by atoms with Crippen LogP contribution < -0.4 is 11.2 Å². The van der Waals surface area contributed by atoms with Gasteiger partial charge in [0, 0.05) is 5.56 Å². The lowest BCUT2D eigenvalue weighted by Crippen LogP contribution is -2.43. The largest absolute Gasteiger partial charge is 0.417 e. The minimum atomic E-state index is -0.819. The molecule has 1 aromatic heterocycles. The minimum absolute atomic E-state index is 0.456. The summed E-state index contributed by atoms with van der Waals surface area (Å²) in [5.41, 5.74) is 1.23. The Morgan fingerprint density at radius 2 is 1.94 bits per heavy atom. The van der Waals surface area contributed by atoms with E-state index in [1.807, 2.05) is 39.0 Å². The van der Waals surface area contributed by atoms with Gasteiger partial charge in [-0.1, -0.05) is 18.2 Å². The van der Waals surface area contributed by atoms with Crippen molar-refractivity contribution in [2.24, 2.45) is 0 Å². The second-order valence-electron chi connectivity index (χ2n) is 5.16. The monoisotopic (exact) mass is 243 g/mol. The van der Waals surface area contributed by atoms with Gasteiger partial charge in [-0.05, 0) is 32.4 Å². The molecule has 0 amide bonds. The van der Waals surface area contributed by atoms with Crippen LogP contribution in [0.25, 0.3) is 16.7 Å². The molecule has 1 aliphatic rings. The molecule has 4 nitrogen and oxygen atoms in total. The first kappa shape index (κ1) is 11.0. The molecule has 0 atom stereocenters. The van der Waals surface area contributed by atoms with Gasteiger partial charge in [-0.25, -0.2) is 4.79 Å². The number of hydrogen-bond acceptors (Lipinski definition) is 3. The number of aromatic nitrogens is 1. The van der Waals surface area contributed by atoms with Crippen molar-refractivity contribution in [3.8, 4) is 0 Å². The third-order valence-electron chi connectivity index (χ3n) is 3.37. The molecular formula is C14H13NO3. The SMILES string of the molecule is CC1=CC(C)(C)n2c(=O)c(=O)oc3cccc1c32. The molecule has 0 radical (unpaired) electrons. The van der Waals surface area contributed by atoms with Gasteiger partial charge in [0.15, 0.2) is 5.58 Å². The van der Waals surface area contributed by atoms with E-state index >= 15 is 0 Å². The van der Waals surface area contributed by atoms with E-state index in [1.165, 1.54) is 4.57 Å². The fraction of sp³-hybridized carbons (Fsp3) is 0.286. The van der Waals surface area contributed by atoms with Crippen molar-refractivity contribution >= 4 is 16.7 Å². The van der Waals surface area contributed by atoms with Crippen molar-refractivity contribution < 1.29 is 4.42 Å². The summed E-state index contributed by atoms with van der Waals surface area (Å²) in [4.78, 5) is 23.6. The Balaban J connectivity index is 2.68. The van der Waals surface area contributed by atoms with E-state index in [9.17, 15) is 9.59 Å². The molecule has 2 heterocycles. The lowest BCUT2D eigenvalue weighted by molar-refractivity contribution is 0.422. The van der Waals surface area contributed by atoms with E-state index in [0.717, 1.165) is 11.1 Å². The third kappa shape index (κ3) is 1.26. The Kier molecular flexibility index (Phi) is 1.97. The fourth-order valence-corrected chi connectivity index (χ4v) is 2.71. The lowest BCUT2D eigenvalue weighted by atomic mass is 9.92. The maximum absolute atomic E-state index is 12.0. The molecule has 18 heavy (non-hydrogen) atoms. The summed E-state index contributed by atoms with van der Waals surface area (Å²) in [7, 11) is 0. The number of benzene rings is 1. The van der Waals surface area contributed by atoms with Crippen LogP contribution in [0.3, 0.4) is 0 Å². The highest BCUT2D eigenvalue weighted by atomic mass is 16.4. The molecule has 1 aliphatic heterocycles. The summed E-state index contributed by atoms with van der Waals surface area (Å²) in [6.45, 7) is 5.81. The van der Waals surface area contributed by atoms with Crippen LogP contribution in [-0.2, 0) is 5.54 Å². The number of para-hydroxylation sites is 1. The molecule has 0 unspecified atom stereocenters. The van der Waals surface area contributed by atoms with Crippen LogP contribution in [0.2, 0.25) is 0 Å². The first-order valence-corrected chi connectivity index (χ1v) is 5.81. The Labute approximate surface area is 103 Å². The Morgan fingerprint density at radius 3 is 2.67 bits per heavy atom. The van der Waals surface area contributed by atoms with Crippen LogP contribution >= 0.6 is 0 Å². The predicted molar refractivity (Wildman–Crippen MR) is 69.7 cm³/mol. The molecule has 4 heteroatoms. The zero-order valence-electron chi connectivity index (χ0n) is 10.5. The number of rotatable bonds is 0. The first-order valence-electron chi connectivity index (χ1n) is 5.81. The Morgan fingerprint density at radius 1 is 1.22 bits per heavy atom. The summed E-state index contributed by atoms with van der Waals surface area (Å²) in [5, 5.41) is 0. The van der Waals surface area contributed by atoms with Gasteiger partial charge >= 0.3 is 11.2 Å². The maximum atomic E-state index is 12.0. The standard InChI is InChI=1S/C14H13NO3/c1-8-7-14(2,3)15-11-9(8)5-4-6-10(11)18-13(17)12(15)16/h4-7H,1-3H3. The van der Waals surface area contributed by atoms with E-state index < -0.39 is 16.7 Å². The van der Waals surface area contributed by atoms with E-state index in [1.54, 1.807) is 6.07 Å². The zero-order chi connectivity index (χ0) is 13.1. The first-order chi connectivity index (χ1) is 8.42. The molecule has 0 fully saturated rings. The molecule has 0 spiro atoms. The Bertz CT molecular complexity index is 806. The smallest absolute Gasteiger partial charge is 0.402 e. The molecule has 0 bridgehead atoms. The van der Waals surface area contributed by atoms with Crippen molar-refractivity contribution in [3.05, 3.63) is 50.6 Å². The number of nitrogens with zero attached hydrogens (tertiary/aromatic N) is 1. The van der Waals surface area contributed by atoms with E-state index in [0.29, 0.717) is 11.1 Å². The summed E-state index contributed by atoms with van der Waals surface area (Å²) < 4.78 is 6.60. The normalized spacial score (nSPS) is 16.7. The average molecular weight is 243 g/mol. The zero-order valence-corrected chi connectivity index (χ0v) is 10.5. The number of hydrogen-bond donors (Lipinski definition) is 0. The molecule has 0 aliphatic carbocycles. The van der Waals surface area contributed by atoms with Gasteiger partial charge in [0.25, 0.3) is 0 Å². The van der Waals surface area contributed by atoms with Crippen LogP contribution in [-0.4, -0.2) is 4.57 Å². The molecular weight excluding hydrogens is 230 g/mol. The molecule has 0 N–H and O–H groups in total. The van der Waals surface area contributed by atoms with Crippen LogP contribution in [0.5, 0.6) is 0 Å². The van der Waals surface area contributed by atoms with Crippen molar-refractivity contribution in [3.63, 3.8) is 0 Å². The molecule has 92 valence electrons. The molecule has 1 aromatic carbocycles. The average Bonchev–Trinajstić information content (AvgIpc) is 2.27. The van der Waals surface area contributed by atoms with Gasteiger partial charge in [-0.15, -0.1) is 0 Å². The second-order valence-corrected chi connectivity index (χ2v) is 5.16. The molecule has 3 rings (SSSR count). The third-order valence-corrected chi connectivity index (χ3v) is 3.37. The highest BCUT2D eigenvalue weighted by Gasteiger charge is 2.29. The quantitative estimate of drug-likeness (QED) is 0.666. The van der Waals surface area contributed by atoms with Crippen molar-refractivity contribution in [2.45, 2.75) is 26.3 Å². The minimum Gasteiger partial charge on any atom is -0.417 e. The summed E-state index contributed by atoms with van der Waals surface area (Å²) in [6, 6.07) is 5.47. The van der Waals surface area contributed by atoms with Gasteiger partial charge in [-0.2, -0.15) is 0 Å². The maximum Gasteiger partial charge on any atom is 0.402 e. The fourth-order valence-electron chi connectivity index (χ4n) is 2.71. The molecule has 2 aromatic rings. The van der Waals surface area contributed by atoms with Crippen LogP contribution in [0.15, 0.2) is 38.3 Å². The summed E-state index contributed by atoms with van der Waals surface area (Å²) >= 11 is 0.